The fourth-order valence-corrected chi connectivity index (χ4v) is 2.36. The molecule has 5 heteroatoms. The van der Waals surface area contributed by atoms with Crippen LogP contribution >= 0.6 is 15.9 Å². The summed E-state index contributed by atoms with van der Waals surface area (Å²) in [7, 11) is 0. The monoisotopic (exact) mass is 335 g/mol. The van der Waals surface area contributed by atoms with Crippen LogP contribution in [0.2, 0.25) is 0 Å². The molecule has 0 aliphatic carbocycles. The Morgan fingerprint density at radius 3 is 2.65 bits per heavy atom. The van der Waals surface area contributed by atoms with E-state index in [0.717, 1.165) is 22.9 Å². The molecule has 0 amide bonds. The summed E-state index contributed by atoms with van der Waals surface area (Å²) in [4.78, 5) is 8.55. The van der Waals surface area contributed by atoms with Crippen LogP contribution in [0.3, 0.4) is 0 Å². The Bertz CT molecular complexity index is 555. The zero-order valence-corrected chi connectivity index (χ0v) is 13.3. The third-order valence-corrected chi connectivity index (χ3v) is 3.25. The second kappa shape index (κ2) is 7.36. The van der Waals surface area contributed by atoms with Crippen molar-refractivity contribution >= 4 is 21.7 Å². The van der Waals surface area contributed by atoms with Crippen LogP contribution in [0.4, 0.5) is 5.82 Å². The molecular formula is C15H18BrN3O. The Kier molecular flexibility index (Phi) is 5.49. The number of ether oxygens (including phenoxy) is 1. The Labute approximate surface area is 127 Å². The van der Waals surface area contributed by atoms with Gasteiger partial charge in [0.1, 0.15) is 16.2 Å². The van der Waals surface area contributed by atoms with Gasteiger partial charge < -0.3 is 10.1 Å². The number of hydrogen-bond donors (Lipinski definition) is 1. The number of hydrogen-bond acceptors (Lipinski definition) is 4. The van der Waals surface area contributed by atoms with Crippen LogP contribution in [0.15, 0.2) is 34.9 Å². The molecule has 0 radical (unpaired) electrons. The van der Waals surface area contributed by atoms with Gasteiger partial charge in [-0.15, -0.1) is 0 Å². The maximum atomic E-state index is 5.49. The fourth-order valence-electron chi connectivity index (χ4n) is 1.89. The quantitative estimate of drug-likeness (QED) is 0.817. The van der Waals surface area contributed by atoms with E-state index < -0.39 is 0 Å². The van der Waals surface area contributed by atoms with Crippen LogP contribution in [0.25, 0.3) is 0 Å². The minimum Gasteiger partial charge on any atom is -0.377 e. The van der Waals surface area contributed by atoms with Crippen molar-refractivity contribution in [1.82, 2.24) is 9.97 Å². The van der Waals surface area contributed by atoms with Gasteiger partial charge in [-0.1, -0.05) is 24.3 Å². The molecule has 0 fully saturated rings. The summed E-state index contributed by atoms with van der Waals surface area (Å²) in [6, 6.07) is 10.1. The van der Waals surface area contributed by atoms with Gasteiger partial charge >= 0.3 is 0 Å². The van der Waals surface area contributed by atoms with Gasteiger partial charge in [-0.3, -0.25) is 0 Å². The summed E-state index contributed by atoms with van der Waals surface area (Å²) in [5.41, 5.74) is 2.42. The first-order valence-electron chi connectivity index (χ1n) is 6.58. The lowest BCUT2D eigenvalue weighted by Gasteiger charge is -2.11. The van der Waals surface area contributed by atoms with E-state index in [-0.39, 0.29) is 0 Å². The number of anilines is 1. The van der Waals surface area contributed by atoms with E-state index in [9.17, 15) is 0 Å². The molecule has 0 aliphatic rings. The number of rotatable bonds is 6. The Balaban J connectivity index is 2.06. The summed E-state index contributed by atoms with van der Waals surface area (Å²) < 4.78 is 6.28. The molecule has 0 bridgehead atoms. The van der Waals surface area contributed by atoms with Gasteiger partial charge in [-0.25, -0.2) is 9.97 Å². The maximum Gasteiger partial charge on any atom is 0.131 e. The molecule has 1 heterocycles. The average Bonchev–Trinajstić information content (AvgIpc) is 2.43. The van der Waals surface area contributed by atoms with Crippen molar-refractivity contribution in [3.8, 4) is 0 Å². The van der Waals surface area contributed by atoms with E-state index in [1.165, 1.54) is 11.1 Å². The molecule has 1 N–H and O–H groups in total. The zero-order valence-electron chi connectivity index (χ0n) is 11.7. The minimum absolute atomic E-state index is 0.640. The number of benzene rings is 1. The molecule has 1 aromatic carbocycles. The Morgan fingerprint density at radius 1 is 1.20 bits per heavy atom. The predicted molar refractivity (Wildman–Crippen MR) is 83.6 cm³/mol. The van der Waals surface area contributed by atoms with Crippen molar-refractivity contribution in [2.24, 2.45) is 0 Å². The van der Waals surface area contributed by atoms with E-state index in [1.807, 2.05) is 32.0 Å². The van der Waals surface area contributed by atoms with Gasteiger partial charge in [-0.05, 0) is 40.9 Å². The number of halogens is 1. The molecule has 4 nitrogen and oxygen atoms in total. The van der Waals surface area contributed by atoms with Crippen LogP contribution in [-0.2, 0) is 17.9 Å². The van der Waals surface area contributed by atoms with Gasteiger partial charge in [0.05, 0.1) is 6.61 Å². The summed E-state index contributed by atoms with van der Waals surface area (Å²) in [5, 5.41) is 3.32. The van der Waals surface area contributed by atoms with E-state index in [1.54, 1.807) is 0 Å². The second-order valence-corrected chi connectivity index (χ2v) is 5.20. The summed E-state index contributed by atoms with van der Waals surface area (Å²) in [6.45, 7) is 5.95. The lowest BCUT2D eigenvalue weighted by molar-refractivity contribution is 0.133. The van der Waals surface area contributed by atoms with Gasteiger partial charge in [0.15, 0.2) is 0 Å². The maximum absolute atomic E-state index is 5.49. The first-order chi connectivity index (χ1) is 9.69. The van der Waals surface area contributed by atoms with Crippen LogP contribution < -0.4 is 5.32 Å². The Hall–Kier alpha value is -1.46. The van der Waals surface area contributed by atoms with Crippen molar-refractivity contribution in [2.45, 2.75) is 27.0 Å². The number of aromatic nitrogens is 2. The average molecular weight is 336 g/mol. The lowest BCUT2D eigenvalue weighted by Crippen LogP contribution is -2.06. The van der Waals surface area contributed by atoms with Crippen LogP contribution in [0, 0.1) is 6.92 Å². The van der Waals surface area contributed by atoms with E-state index in [2.05, 4.69) is 43.3 Å². The van der Waals surface area contributed by atoms with Gasteiger partial charge in [-0.2, -0.15) is 0 Å². The molecular weight excluding hydrogens is 318 g/mol. The van der Waals surface area contributed by atoms with E-state index in [4.69, 9.17) is 4.74 Å². The summed E-state index contributed by atoms with van der Waals surface area (Å²) >= 11 is 3.38. The molecule has 2 rings (SSSR count). The lowest BCUT2D eigenvalue weighted by atomic mass is 10.1. The minimum atomic E-state index is 0.640. The van der Waals surface area contributed by atoms with Crippen molar-refractivity contribution in [3.63, 3.8) is 0 Å². The van der Waals surface area contributed by atoms with E-state index in [0.29, 0.717) is 13.2 Å². The van der Waals surface area contributed by atoms with Gasteiger partial charge in [0.2, 0.25) is 0 Å². The van der Waals surface area contributed by atoms with Crippen molar-refractivity contribution < 1.29 is 4.74 Å². The first-order valence-corrected chi connectivity index (χ1v) is 7.38. The van der Waals surface area contributed by atoms with Gasteiger partial charge in [0.25, 0.3) is 0 Å². The molecule has 0 saturated carbocycles. The van der Waals surface area contributed by atoms with Crippen LogP contribution in [0.5, 0.6) is 0 Å². The van der Waals surface area contributed by atoms with E-state index >= 15 is 0 Å². The summed E-state index contributed by atoms with van der Waals surface area (Å²) in [5.74, 6) is 1.56. The highest BCUT2D eigenvalue weighted by Crippen LogP contribution is 2.15. The fraction of sp³-hybridized carbons (Fsp3) is 0.333. The second-order valence-electron chi connectivity index (χ2n) is 4.38. The molecule has 0 saturated heterocycles. The summed E-state index contributed by atoms with van der Waals surface area (Å²) in [6.07, 6.45) is 0. The third kappa shape index (κ3) is 4.28. The smallest absolute Gasteiger partial charge is 0.131 e. The highest BCUT2D eigenvalue weighted by molar-refractivity contribution is 9.10. The SMILES string of the molecule is CCOCc1ccccc1CNc1cc(Br)nc(C)n1. The molecule has 106 valence electrons. The number of aryl methyl sites for hydroxylation is 1. The highest BCUT2D eigenvalue weighted by Gasteiger charge is 2.03. The third-order valence-electron chi connectivity index (χ3n) is 2.85. The van der Waals surface area contributed by atoms with Crippen molar-refractivity contribution in [3.05, 3.63) is 51.9 Å². The topological polar surface area (TPSA) is 47.0 Å². The number of nitrogens with one attached hydrogen (secondary N) is 1. The Morgan fingerprint density at radius 2 is 1.95 bits per heavy atom. The molecule has 20 heavy (non-hydrogen) atoms. The first kappa shape index (κ1) is 14.9. The molecule has 0 spiro atoms. The zero-order chi connectivity index (χ0) is 14.4. The van der Waals surface area contributed by atoms with Gasteiger partial charge in [0, 0.05) is 19.2 Å². The molecule has 0 aliphatic heterocycles. The molecule has 0 atom stereocenters. The molecule has 0 unspecified atom stereocenters. The number of nitrogens with zero attached hydrogens (tertiary/aromatic N) is 2. The van der Waals surface area contributed by atoms with Crippen molar-refractivity contribution in [1.29, 1.82) is 0 Å². The van der Waals surface area contributed by atoms with Crippen molar-refractivity contribution in [2.75, 3.05) is 11.9 Å². The van der Waals surface area contributed by atoms with Crippen LogP contribution in [0.1, 0.15) is 23.9 Å². The highest BCUT2D eigenvalue weighted by atomic mass is 79.9. The largest absolute Gasteiger partial charge is 0.377 e. The molecule has 1 aromatic heterocycles. The molecule has 2 aromatic rings. The van der Waals surface area contributed by atoms with Crippen LogP contribution in [-0.4, -0.2) is 16.6 Å². The normalized spacial score (nSPS) is 10.6. The standard InChI is InChI=1S/C15H18BrN3O/c1-3-20-10-13-7-5-4-6-12(13)9-17-15-8-14(16)18-11(2)19-15/h4-8H,3,9-10H2,1-2H3,(H,17,18,19). The predicted octanol–water partition coefficient (Wildman–Crippen LogP) is 3.70.